The molecule has 148 valence electrons. The van der Waals surface area contributed by atoms with Gasteiger partial charge in [0.05, 0.1) is 12.8 Å². The van der Waals surface area contributed by atoms with Gasteiger partial charge in [-0.15, -0.1) is 0 Å². The average molecular weight is 393 g/mol. The maximum Gasteiger partial charge on any atom is 0.327 e. The number of benzene rings is 2. The molecule has 3 amide bonds. The highest BCUT2D eigenvalue weighted by atomic mass is 16.5. The van der Waals surface area contributed by atoms with E-state index in [-0.39, 0.29) is 13.2 Å². The maximum atomic E-state index is 11.8. The van der Waals surface area contributed by atoms with Gasteiger partial charge in [0.15, 0.2) is 6.61 Å². The minimum atomic E-state index is -1.00. The third-order valence-electron chi connectivity index (χ3n) is 3.86. The van der Waals surface area contributed by atoms with Crippen molar-refractivity contribution in [3.8, 4) is 16.9 Å². The Bertz CT molecular complexity index is 954. The monoisotopic (exact) mass is 393 g/mol. The number of ether oxygens (including phenoxy) is 1. The van der Waals surface area contributed by atoms with E-state index in [1.54, 1.807) is 24.3 Å². The van der Waals surface area contributed by atoms with Crippen molar-refractivity contribution in [3.63, 3.8) is 0 Å². The molecule has 1 aromatic heterocycles. The lowest BCUT2D eigenvalue weighted by molar-refractivity contribution is -0.141. The van der Waals surface area contributed by atoms with E-state index in [0.717, 1.165) is 11.1 Å². The van der Waals surface area contributed by atoms with Gasteiger partial charge >= 0.3 is 11.8 Å². The summed E-state index contributed by atoms with van der Waals surface area (Å²) in [6.07, 6.45) is 1.46. The van der Waals surface area contributed by atoms with Gasteiger partial charge in [0.2, 0.25) is 0 Å². The van der Waals surface area contributed by atoms with E-state index in [9.17, 15) is 14.4 Å². The first-order valence-electron chi connectivity index (χ1n) is 8.79. The van der Waals surface area contributed by atoms with Gasteiger partial charge in [-0.2, -0.15) is 0 Å². The zero-order valence-corrected chi connectivity index (χ0v) is 15.4. The Balaban J connectivity index is 1.38. The molecular formula is C21H19N3O5. The Morgan fingerprint density at radius 1 is 0.793 bits per heavy atom. The molecule has 0 aliphatic rings. The van der Waals surface area contributed by atoms with Crippen molar-refractivity contribution in [2.45, 2.75) is 6.54 Å². The fourth-order valence-corrected chi connectivity index (χ4v) is 2.40. The van der Waals surface area contributed by atoms with Crippen molar-refractivity contribution in [2.24, 2.45) is 0 Å². The van der Waals surface area contributed by atoms with Crippen LogP contribution in [0.4, 0.5) is 0 Å². The first-order valence-corrected chi connectivity index (χ1v) is 8.79. The molecule has 3 N–H and O–H groups in total. The molecule has 1 heterocycles. The van der Waals surface area contributed by atoms with E-state index in [0.29, 0.717) is 11.5 Å². The summed E-state index contributed by atoms with van der Waals surface area (Å²) in [7, 11) is 0. The minimum Gasteiger partial charge on any atom is -0.484 e. The molecule has 0 saturated carbocycles. The second kappa shape index (κ2) is 9.75. The highest BCUT2D eigenvalue weighted by Crippen LogP contribution is 2.21. The van der Waals surface area contributed by atoms with Gasteiger partial charge in [-0.25, -0.2) is 0 Å². The van der Waals surface area contributed by atoms with Gasteiger partial charge in [0, 0.05) is 0 Å². The van der Waals surface area contributed by atoms with Crippen LogP contribution in [0.5, 0.6) is 5.75 Å². The van der Waals surface area contributed by atoms with E-state index in [1.165, 1.54) is 6.26 Å². The fraction of sp³-hybridized carbons (Fsp3) is 0.0952. The normalized spacial score (nSPS) is 10.1. The summed E-state index contributed by atoms with van der Waals surface area (Å²) < 4.78 is 10.4. The number of hydrazine groups is 1. The van der Waals surface area contributed by atoms with Crippen LogP contribution in [0.25, 0.3) is 11.1 Å². The van der Waals surface area contributed by atoms with Gasteiger partial charge in [-0.3, -0.25) is 25.2 Å². The predicted molar refractivity (Wildman–Crippen MR) is 104 cm³/mol. The third kappa shape index (κ3) is 5.96. The standard InChI is InChI=1S/C21H19N3O5/c25-19(23-24-21(27)20(26)22-13-18-7-4-12-28-18)14-29-17-10-8-16(9-11-17)15-5-2-1-3-6-15/h1-12H,13-14H2,(H,22,26)(H,23,25)(H,24,27). The van der Waals surface area contributed by atoms with E-state index in [2.05, 4.69) is 10.7 Å². The highest BCUT2D eigenvalue weighted by Gasteiger charge is 2.14. The van der Waals surface area contributed by atoms with Crippen LogP contribution >= 0.6 is 0 Å². The topological polar surface area (TPSA) is 110 Å². The van der Waals surface area contributed by atoms with Crippen LogP contribution in [0.3, 0.4) is 0 Å². The smallest absolute Gasteiger partial charge is 0.327 e. The van der Waals surface area contributed by atoms with Crippen LogP contribution in [-0.2, 0) is 20.9 Å². The van der Waals surface area contributed by atoms with Gasteiger partial charge < -0.3 is 14.5 Å². The van der Waals surface area contributed by atoms with E-state index in [4.69, 9.17) is 9.15 Å². The second-order valence-electron chi connectivity index (χ2n) is 5.94. The van der Waals surface area contributed by atoms with Gasteiger partial charge in [-0.05, 0) is 35.4 Å². The summed E-state index contributed by atoms with van der Waals surface area (Å²) in [5.41, 5.74) is 6.23. The largest absolute Gasteiger partial charge is 0.484 e. The molecule has 0 aliphatic carbocycles. The summed E-state index contributed by atoms with van der Waals surface area (Å²) >= 11 is 0. The lowest BCUT2D eigenvalue weighted by atomic mass is 10.1. The van der Waals surface area contributed by atoms with E-state index in [1.807, 2.05) is 47.9 Å². The van der Waals surface area contributed by atoms with Crippen LogP contribution in [0, 0.1) is 0 Å². The van der Waals surface area contributed by atoms with Crippen molar-refractivity contribution in [3.05, 3.63) is 78.8 Å². The molecule has 2 aromatic carbocycles. The molecular weight excluding hydrogens is 374 g/mol. The molecule has 29 heavy (non-hydrogen) atoms. The molecule has 0 radical (unpaired) electrons. The minimum absolute atomic E-state index is 0.0648. The third-order valence-corrected chi connectivity index (χ3v) is 3.86. The number of rotatable bonds is 6. The SMILES string of the molecule is O=C(COc1ccc(-c2ccccc2)cc1)NNC(=O)C(=O)NCc1ccco1. The number of hydrogen-bond donors (Lipinski definition) is 3. The van der Waals surface area contributed by atoms with Gasteiger partial charge in [-0.1, -0.05) is 42.5 Å². The summed E-state index contributed by atoms with van der Waals surface area (Å²) in [4.78, 5) is 35.1. The quantitative estimate of drug-likeness (QED) is 0.437. The molecule has 0 bridgehead atoms. The van der Waals surface area contributed by atoms with Crippen molar-refractivity contribution in [1.82, 2.24) is 16.2 Å². The van der Waals surface area contributed by atoms with Crippen molar-refractivity contribution in [2.75, 3.05) is 6.61 Å². The first kappa shape index (κ1) is 19.7. The number of amides is 3. The summed E-state index contributed by atoms with van der Waals surface area (Å²) in [6, 6.07) is 20.4. The Morgan fingerprint density at radius 3 is 2.21 bits per heavy atom. The van der Waals surface area contributed by atoms with Crippen LogP contribution in [0.15, 0.2) is 77.4 Å². The summed E-state index contributed by atoms with van der Waals surface area (Å²) in [5, 5.41) is 2.36. The lowest BCUT2D eigenvalue weighted by Crippen LogP contribution is -2.49. The van der Waals surface area contributed by atoms with Crippen LogP contribution in [0.2, 0.25) is 0 Å². The number of nitrogens with one attached hydrogen (secondary N) is 3. The van der Waals surface area contributed by atoms with Crippen molar-refractivity contribution < 1.29 is 23.5 Å². The first-order chi connectivity index (χ1) is 14.1. The molecule has 8 heteroatoms. The Kier molecular flexibility index (Phi) is 6.62. The predicted octanol–water partition coefficient (Wildman–Crippen LogP) is 1.79. The lowest BCUT2D eigenvalue weighted by Gasteiger charge is -2.09. The molecule has 0 saturated heterocycles. The Morgan fingerprint density at radius 2 is 1.52 bits per heavy atom. The van der Waals surface area contributed by atoms with Crippen molar-refractivity contribution >= 4 is 17.7 Å². The summed E-state index contributed by atoms with van der Waals surface area (Å²) in [6.45, 7) is -0.256. The highest BCUT2D eigenvalue weighted by molar-refractivity contribution is 6.35. The Labute approximate surface area is 166 Å². The fourth-order valence-electron chi connectivity index (χ4n) is 2.40. The number of carbonyl (C=O) groups is 3. The van der Waals surface area contributed by atoms with Gasteiger partial charge in [0.1, 0.15) is 11.5 Å². The van der Waals surface area contributed by atoms with Crippen LogP contribution in [0.1, 0.15) is 5.76 Å². The van der Waals surface area contributed by atoms with Crippen LogP contribution < -0.4 is 20.9 Å². The molecule has 3 rings (SSSR count). The molecule has 8 nitrogen and oxygen atoms in total. The van der Waals surface area contributed by atoms with Crippen LogP contribution in [-0.4, -0.2) is 24.3 Å². The van der Waals surface area contributed by atoms with Crippen molar-refractivity contribution in [1.29, 1.82) is 0 Å². The number of hydrogen-bond acceptors (Lipinski definition) is 5. The summed E-state index contributed by atoms with van der Waals surface area (Å²) in [5.74, 6) is -1.51. The maximum absolute atomic E-state index is 11.8. The molecule has 3 aromatic rings. The average Bonchev–Trinajstić information content (AvgIpc) is 3.29. The Hall–Kier alpha value is -4.07. The molecule has 0 aliphatic heterocycles. The molecule has 0 fully saturated rings. The molecule has 0 unspecified atom stereocenters. The number of carbonyl (C=O) groups excluding carboxylic acids is 3. The zero-order valence-electron chi connectivity index (χ0n) is 15.4. The zero-order chi connectivity index (χ0) is 20.5. The van der Waals surface area contributed by atoms with E-state index >= 15 is 0 Å². The molecule has 0 spiro atoms. The van der Waals surface area contributed by atoms with E-state index < -0.39 is 17.7 Å². The van der Waals surface area contributed by atoms with Gasteiger partial charge in [0.25, 0.3) is 5.91 Å². The second-order valence-corrected chi connectivity index (χ2v) is 5.94. The molecule has 0 atom stereocenters. The number of furan rings is 1.